The number of unbranched alkanes of at least 4 members (excludes halogenated alkanes) is 1. The Morgan fingerprint density at radius 1 is 1.47 bits per heavy atom. The van der Waals surface area contributed by atoms with Crippen LogP contribution >= 0.6 is 0 Å². The van der Waals surface area contributed by atoms with Crippen molar-refractivity contribution in [2.24, 2.45) is 0 Å². The van der Waals surface area contributed by atoms with Gasteiger partial charge in [0.15, 0.2) is 0 Å². The van der Waals surface area contributed by atoms with Gasteiger partial charge in [-0.1, -0.05) is 13.3 Å². The number of likely N-dealkylation sites (tertiary alicyclic amines) is 1. The van der Waals surface area contributed by atoms with Crippen molar-refractivity contribution in [3.8, 4) is 0 Å². The molecular weight excluding hydrogens is 224 g/mol. The number of aliphatic hydroxyl groups is 1. The average molecular weight is 244 g/mol. The predicted octanol–water partition coefficient (Wildman–Crippen LogP) is 0.358. The highest BCUT2D eigenvalue weighted by Gasteiger charge is 2.39. The van der Waals surface area contributed by atoms with Crippen LogP contribution in [0.5, 0.6) is 0 Å². The van der Waals surface area contributed by atoms with Crippen molar-refractivity contribution in [2.75, 3.05) is 20.1 Å². The van der Waals surface area contributed by atoms with Gasteiger partial charge in [0, 0.05) is 26.6 Å². The Balaban J connectivity index is 2.63. The lowest BCUT2D eigenvalue weighted by atomic mass is 10.2. The van der Waals surface area contributed by atoms with Gasteiger partial charge >= 0.3 is 12.0 Å². The zero-order valence-electron chi connectivity index (χ0n) is 10.3. The van der Waals surface area contributed by atoms with E-state index < -0.39 is 18.1 Å². The van der Waals surface area contributed by atoms with Gasteiger partial charge < -0.3 is 20.0 Å². The highest BCUT2D eigenvalue weighted by atomic mass is 16.4. The molecule has 0 bridgehead atoms. The van der Waals surface area contributed by atoms with E-state index in [0.29, 0.717) is 6.54 Å². The van der Waals surface area contributed by atoms with Crippen LogP contribution in [-0.2, 0) is 4.79 Å². The van der Waals surface area contributed by atoms with E-state index in [-0.39, 0.29) is 19.0 Å². The smallest absolute Gasteiger partial charge is 0.326 e. The minimum Gasteiger partial charge on any atom is -0.480 e. The molecule has 0 radical (unpaired) electrons. The fourth-order valence-electron chi connectivity index (χ4n) is 1.97. The summed E-state index contributed by atoms with van der Waals surface area (Å²) in [6, 6.07) is -1.22. The number of carboxylic acids is 1. The van der Waals surface area contributed by atoms with Gasteiger partial charge in [-0.2, -0.15) is 0 Å². The number of rotatable bonds is 4. The molecule has 1 aliphatic rings. The first-order chi connectivity index (χ1) is 7.97. The van der Waals surface area contributed by atoms with Crippen LogP contribution in [0.25, 0.3) is 0 Å². The van der Waals surface area contributed by atoms with Crippen LogP contribution in [0.3, 0.4) is 0 Å². The molecule has 1 saturated heterocycles. The number of β-amino-alcohol motifs (C(OH)–C–C–N with tert-alkyl or cyclic N) is 1. The SMILES string of the molecule is CCCCN(C)C(=O)N1CC(O)CC1C(=O)O. The molecule has 0 spiro atoms. The lowest BCUT2D eigenvalue weighted by Crippen LogP contribution is -2.47. The van der Waals surface area contributed by atoms with E-state index in [1.165, 1.54) is 9.80 Å². The number of hydrogen-bond acceptors (Lipinski definition) is 3. The lowest BCUT2D eigenvalue weighted by molar-refractivity contribution is -0.141. The molecule has 2 N–H and O–H groups in total. The van der Waals surface area contributed by atoms with E-state index in [9.17, 15) is 14.7 Å². The zero-order chi connectivity index (χ0) is 13.0. The molecule has 1 rings (SSSR count). The Labute approximate surface area is 101 Å². The minimum atomic E-state index is -1.06. The first-order valence-corrected chi connectivity index (χ1v) is 5.90. The van der Waals surface area contributed by atoms with E-state index in [0.717, 1.165) is 12.8 Å². The Bertz CT molecular complexity index is 295. The van der Waals surface area contributed by atoms with Crippen LogP contribution in [0.15, 0.2) is 0 Å². The number of carbonyl (C=O) groups is 2. The Kier molecular flexibility index (Phi) is 4.74. The predicted molar refractivity (Wildman–Crippen MR) is 61.7 cm³/mol. The highest BCUT2D eigenvalue weighted by molar-refractivity contribution is 5.83. The van der Waals surface area contributed by atoms with Gasteiger partial charge in [0.25, 0.3) is 0 Å². The number of nitrogens with zero attached hydrogens (tertiary/aromatic N) is 2. The van der Waals surface area contributed by atoms with Crippen LogP contribution in [0.4, 0.5) is 4.79 Å². The van der Waals surface area contributed by atoms with Gasteiger partial charge in [-0.25, -0.2) is 9.59 Å². The van der Waals surface area contributed by atoms with Gasteiger partial charge in [-0.05, 0) is 6.42 Å². The second kappa shape index (κ2) is 5.86. The normalized spacial score (nSPS) is 23.8. The monoisotopic (exact) mass is 244 g/mol. The van der Waals surface area contributed by atoms with E-state index in [4.69, 9.17) is 5.11 Å². The Morgan fingerprint density at radius 2 is 2.12 bits per heavy atom. The van der Waals surface area contributed by atoms with Gasteiger partial charge in [-0.15, -0.1) is 0 Å². The Hall–Kier alpha value is -1.30. The number of amides is 2. The average Bonchev–Trinajstić information content (AvgIpc) is 2.67. The molecular formula is C11H20N2O4. The maximum absolute atomic E-state index is 12.0. The number of urea groups is 1. The molecule has 0 aromatic rings. The van der Waals surface area contributed by atoms with E-state index in [1.807, 2.05) is 6.92 Å². The fourth-order valence-corrected chi connectivity index (χ4v) is 1.97. The van der Waals surface area contributed by atoms with Crippen LogP contribution < -0.4 is 0 Å². The summed E-state index contributed by atoms with van der Waals surface area (Å²) in [5.74, 6) is -1.06. The Morgan fingerprint density at radius 3 is 2.65 bits per heavy atom. The van der Waals surface area contributed by atoms with E-state index >= 15 is 0 Å². The third kappa shape index (κ3) is 3.33. The number of aliphatic hydroxyl groups excluding tert-OH is 1. The molecule has 1 aliphatic heterocycles. The molecule has 6 heteroatoms. The van der Waals surface area contributed by atoms with Crippen molar-refractivity contribution in [1.29, 1.82) is 0 Å². The van der Waals surface area contributed by atoms with Crippen molar-refractivity contribution >= 4 is 12.0 Å². The topological polar surface area (TPSA) is 81.1 Å². The summed E-state index contributed by atoms with van der Waals surface area (Å²) in [4.78, 5) is 25.7. The molecule has 0 aliphatic carbocycles. The van der Waals surface area contributed by atoms with Gasteiger partial charge in [0.05, 0.1) is 6.10 Å². The number of carboxylic acid groups (broad SMARTS) is 1. The van der Waals surface area contributed by atoms with Crippen molar-refractivity contribution in [3.63, 3.8) is 0 Å². The van der Waals surface area contributed by atoms with Crippen LogP contribution in [0.1, 0.15) is 26.2 Å². The summed E-state index contributed by atoms with van der Waals surface area (Å²) in [6.45, 7) is 2.73. The largest absolute Gasteiger partial charge is 0.480 e. The van der Waals surface area contributed by atoms with Crippen LogP contribution in [-0.4, -0.2) is 64.3 Å². The third-order valence-electron chi connectivity index (χ3n) is 2.98. The summed E-state index contributed by atoms with van der Waals surface area (Å²) < 4.78 is 0. The quantitative estimate of drug-likeness (QED) is 0.748. The van der Waals surface area contributed by atoms with E-state index in [2.05, 4.69) is 0 Å². The maximum atomic E-state index is 12.0. The summed E-state index contributed by atoms with van der Waals surface area (Å²) in [7, 11) is 1.65. The molecule has 0 aromatic carbocycles. The second-order valence-electron chi connectivity index (χ2n) is 4.45. The molecule has 0 saturated carbocycles. The maximum Gasteiger partial charge on any atom is 0.326 e. The van der Waals surface area contributed by atoms with Crippen molar-refractivity contribution < 1.29 is 19.8 Å². The number of carbonyl (C=O) groups excluding carboxylic acids is 1. The highest BCUT2D eigenvalue weighted by Crippen LogP contribution is 2.19. The van der Waals surface area contributed by atoms with Gasteiger partial charge in [0.1, 0.15) is 6.04 Å². The summed E-state index contributed by atoms with van der Waals surface area (Å²) in [5, 5.41) is 18.4. The first-order valence-electron chi connectivity index (χ1n) is 5.90. The molecule has 17 heavy (non-hydrogen) atoms. The van der Waals surface area contributed by atoms with Crippen molar-refractivity contribution in [2.45, 2.75) is 38.3 Å². The molecule has 6 nitrogen and oxygen atoms in total. The summed E-state index contributed by atoms with van der Waals surface area (Å²) >= 11 is 0. The molecule has 1 fully saturated rings. The molecule has 98 valence electrons. The molecule has 1 heterocycles. The van der Waals surface area contributed by atoms with E-state index in [1.54, 1.807) is 7.05 Å². The molecule has 2 amide bonds. The lowest BCUT2D eigenvalue weighted by Gasteiger charge is -2.27. The third-order valence-corrected chi connectivity index (χ3v) is 2.98. The molecule has 0 aromatic heterocycles. The fraction of sp³-hybridized carbons (Fsp3) is 0.818. The zero-order valence-corrected chi connectivity index (χ0v) is 10.3. The number of aliphatic carboxylic acids is 1. The van der Waals surface area contributed by atoms with Crippen molar-refractivity contribution in [3.05, 3.63) is 0 Å². The molecule has 2 unspecified atom stereocenters. The summed E-state index contributed by atoms with van der Waals surface area (Å²) in [5.41, 5.74) is 0. The molecule has 2 atom stereocenters. The first kappa shape index (κ1) is 13.8. The minimum absolute atomic E-state index is 0.103. The van der Waals surface area contributed by atoms with Crippen LogP contribution in [0.2, 0.25) is 0 Å². The van der Waals surface area contributed by atoms with Gasteiger partial charge in [0.2, 0.25) is 0 Å². The second-order valence-corrected chi connectivity index (χ2v) is 4.45. The summed E-state index contributed by atoms with van der Waals surface area (Å²) in [6.07, 6.45) is 1.24. The van der Waals surface area contributed by atoms with Crippen molar-refractivity contribution in [1.82, 2.24) is 9.80 Å². The standard InChI is InChI=1S/C11H20N2O4/c1-3-4-5-12(2)11(17)13-7-8(14)6-9(13)10(15)16/h8-9,14H,3-7H2,1-2H3,(H,15,16). The number of hydrogen-bond donors (Lipinski definition) is 2. The van der Waals surface area contributed by atoms with Crippen LogP contribution in [0, 0.1) is 0 Å². The van der Waals surface area contributed by atoms with Gasteiger partial charge in [-0.3, -0.25) is 0 Å².